The quantitative estimate of drug-likeness (QED) is 0.519. The summed E-state index contributed by atoms with van der Waals surface area (Å²) in [5.74, 6) is -0.646. The van der Waals surface area contributed by atoms with Crippen molar-refractivity contribution < 1.29 is 29.6 Å². The molecule has 0 fully saturated rings. The van der Waals surface area contributed by atoms with Gasteiger partial charge in [0.25, 0.3) is 0 Å². The summed E-state index contributed by atoms with van der Waals surface area (Å²) in [6, 6.07) is 9.62. The topological polar surface area (TPSA) is 96.2 Å². The van der Waals surface area contributed by atoms with E-state index in [-0.39, 0.29) is 17.3 Å². The summed E-state index contributed by atoms with van der Waals surface area (Å²) < 4.78 is 12.0. The Morgan fingerprint density at radius 1 is 1.11 bits per heavy atom. The van der Waals surface area contributed by atoms with E-state index >= 15 is 0 Å². The van der Waals surface area contributed by atoms with Gasteiger partial charge < -0.3 is 24.8 Å². The third-order valence-corrected chi connectivity index (χ3v) is 5.49. The summed E-state index contributed by atoms with van der Waals surface area (Å²) in [7, 11) is 0. The molecule has 0 amide bonds. The largest absolute Gasteiger partial charge is 0.508 e. The van der Waals surface area contributed by atoms with Crippen molar-refractivity contribution >= 4 is 11.7 Å². The fourth-order valence-corrected chi connectivity index (χ4v) is 4.28. The Hall–Kier alpha value is -3.67. The van der Waals surface area contributed by atoms with E-state index in [9.17, 15) is 20.1 Å². The monoisotopic (exact) mass is 376 g/mol. The van der Waals surface area contributed by atoms with Gasteiger partial charge in [0, 0.05) is 22.8 Å². The lowest BCUT2D eigenvalue weighted by molar-refractivity contribution is -0.0424. The highest BCUT2D eigenvalue weighted by Gasteiger charge is 2.58. The number of phenols is 1. The molecule has 6 nitrogen and oxygen atoms in total. The molecule has 2 aromatic rings. The summed E-state index contributed by atoms with van der Waals surface area (Å²) >= 11 is 0. The van der Waals surface area contributed by atoms with E-state index in [1.165, 1.54) is 12.1 Å². The summed E-state index contributed by atoms with van der Waals surface area (Å²) in [4.78, 5) is 12.8. The van der Waals surface area contributed by atoms with Crippen molar-refractivity contribution in [3.63, 3.8) is 0 Å². The maximum atomic E-state index is 12.8. The third kappa shape index (κ3) is 2.05. The van der Waals surface area contributed by atoms with Crippen molar-refractivity contribution in [3.05, 3.63) is 89.2 Å². The first-order valence-electron chi connectivity index (χ1n) is 8.75. The fourth-order valence-electron chi connectivity index (χ4n) is 4.28. The van der Waals surface area contributed by atoms with Gasteiger partial charge in [0.2, 0.25) is 0 Å². The van der Waals surface area contributed by atoms with Crippen LogP contribution in [0.4, 0.5) is 0 Å². The molecular formula is C22H16O6. The summed E-state index contributed by atoms with van der Waals surface area (Å²) in [5, 5.41) is 29.5. The predicted molar refractivity (Wildman–Crippen MR) is 100 cm³/mol. The third-order valence-electron chi connectivity index (χ3n) is 5.49. The molecule has 3 N–H and O–H groups in total. The van der Waals surface area contributed by atoms with Crippen LogP contribution in [0.5, 0.6) is 11.5 Å². The molecular weight excluding hydrogens is 360 g/mol. The number of hydrogen-bond donors (Lipinski definition) is 3. The van der Waals surface area contributed by atoms with Crippen molar-refractivity contribution in [1.29, 1.82) is 0 Å². The number of carbonyl (C=O) groups excluding carboxylic acids is 1. The molecule has 3 aliphatic rings. The molecule has 1 aliphatic carbocycles. The van der Waals surface area contributed by atoms with Gasteiger partial charge in [0.05, 0.1) is 11.5 Å². The number of fused-ring (bicyclic) bond motifs is 6. The molecule has 1 spiro atoms. The van der Waals surface area contributed by atoms with Gasteiger partial charge in [0.15, 0.2) is 5.60 Å². The molecule has 6 heteroatoms. The minimum atomic E-state index is -1.18. The summed E-state index contributed by atoms with van der Waals surface area (Å²) in [6.45, 7) is 3.51. The molecule has 2 aromatic carbocycles. The number of phenolic OH excluding ortho intramolecular Hbond substituents is 1. The van der Waals surface area contributed by atoms with Crippen LogP contribution < -0.4 is 4.74 Å². The number of allylic oxidation sites excluding steroid dienone is 1. The maximum Gasteiger partial charge on any atom is 0.339 e. The van der Waals surface area contributed by atoms with Crippen LogP contribution in [0, 0.1) is 5.92 Å². The van der Waals surface area contributed by atoms with Gasteiger partial charge in [-0.2, -0.15) is 0 Å². The van der Waals surface area contributed by atoms with E-state index in [0.717, 1.165) is 0 Å². The Kier molecular flexibility index (Phi) is 3.19. The second kappa shape index (κ2) is 5.42. The van der Waals surface area contributed by atoms with Crippen molar-refractivity contribution in [2.24, 2.45) is 5.92 Å². The molecule has 140 valence electrons. The van der Waals surface area contributed by atoms with Gasteiger partial charge in [-0.15, -0.1) is 0 Å². The minimum absolute atomic E-state index is 0.0170. The number of rotatable bonds is 1. The second-order valence-corrected chi connectivity index (χ2v) is 7.07. The Morgan fingerprint density at radius 3 is 2.68 bits per heavy atom. The van der Waals surface area contributed by atoms with E-state index in [2.05, 4.69) is 6.58 Å². The zero-order valence-electron chi connectivity index (χ0n) is 14.6. The van der Waals surface area contributed by atoms with Crippen LogP contribution in [0.1, 0.15) is 27.0 Å². The smallest absolute Gasteiger partial charge is 0.339 e. The van der Waals surface area contributed by atoms with E-state index in [0.29, 0.717) is 28.0 Å². The SMILES string of the molecule is C=C(O)c1ccc2c(c1)C(=O)OC21c2ccc(O)cc2OC2C=C(O)C=CC21. The van der Waals surface area contributed by atoms with E-state index in [1.807, 2.05) is 0 Å². The Bertz CT molecular complexity index is 1110. The number of aliphatic hydroxyl groups excluding tert-OH is 2. The van der Waals surface area contributed by atoms with E-state index in [4.69, 9.17) is 9.47 Å². The maximum absolute atomic E-state index is 12.8. The molecule has 3 atom stereocenters. The minimum Gasteiger partial charge on any atom is -0.508 e. The zero-order chi connectivity index (χ0) is 19.6. The normalized spacial score (nSPS) is 26.6. The van der Waals surface area contributed by atoms with E-state index < -0.39 is 23.6 Å². The van der Waals surface area contributed by atoms with Crippen LogP contribution in [0.3, 0.4) is 0 Å². The molecule has 2 aliphatic heterocycles. The molecule has 0 saturated carbocycles. The lowest BCUT2D eigenvalue weighted by Gasteiger charge is -2.44. The van der Waals surface area contributed by atoms with E-state index in [1.54, 1.807) is 42.5 Å². The van der Waals surface area contributed by atoms with Gasteiger partial charge in [-0.3, -0.25) is 0 Å². The van der Waals surface area contributed by atoms with Crippen LogP contribution in [0.15, 0.2) is 67.0 Å². The molecule has 5 rings (SSSR count). The molecule has 28 heavy (non-hydrogen) atoms. The summed E-state index contributed by atoms with van der Waals surface area (Å²) in [5.41, 5.74) is 0.820. The Balaban J connectivity index is 1.80. The van der Waals surface area contributed by atoms with Crippen LogP contribution in [-0.4, -0.2) is 27.4 Å². The number of aliphatic hydroxyl groups is 2. The van der Waals surface area contributed by atoms with Gasteiger partial charge in [-0.25, -0.2) is 4.79 Å². The average molecular weight is 376 g/mol. The van der Waals surface area contributed by atoms with Crippen molar-refractivity contribution in [3.8, 4) is 11.5 Å². The average Bonchev–Trinajstić information content (AvgIpc) is 2.94. The predicted octanol–water partition coefficient (Wildman–Crippen LogP) is 3.72. The number of esters is 1. The van der Waals surface area contributed by atoms with Crippen LogP contribution in [0.25, 0.3) is 5.76 Å². The zero-order valence-corrected chi connectivity index (χ0v) is 14.6. The van der Waals surface area contributed by atoms with Crippen molar-refractivity contribution in [2.45, 2.75) is 11.7 Å². The highest BCUT2D eigenvalue weighted by molar-refractivity contribution is 5.96. The standard InChI is InChI=1S/C22H16O6/c1-11(23)12-2-5-16-15(8-12)21(26)28-22(16)17-6-3-13(24)9-19(17)27-20-10-14(25)4-7-18(20)22/h2-10,17,19,23-25H,1H2. The first-order chi connectivity index (χ1) is 13.4. The number of hydrogen-bond acceptors (Lipinski definition) is 6. The van der Waals surface area contributed by atoms with Crippen LogP contribution in [0.2, 0.25) is 0 Å². The van der Waals surface area contributed by atoms with Crippen LogP contribution in [-0.2, 0) is 10.3 Å². The second-order valence-electron chi connectivity index (χ2n) is 7.07. The lowest BCUT2D eigenvalue weighted by atomic mass is 9.70. The number of aromatic hydroxyl groups is 1. The number of carbonyl (C=O) groups is 1. The van der Waals surface area contributed by atoms with Crippen molar-refractivity contribution in [2.75, 3.05) is 0 Å². The lowest BCUT2D eigenvalue weighted by Crippen LogP contribution is -2.48. The summed E-state index contributed by atoms with van der Waals surface area (Å²) in [6.07, 6.45) is 4.27. The molecule has 2 heterocycles. The molecule has 0 radical (unpaired) electrons. The number of ether oxygens (including phenoxy) is 2. The number of benzene rings is 2. The Labute approximate surface area is 160 Å². The molecule has 0 bridgehead atoms. The fraction of sp³-hybridized carbons (Fsp3) is 0.136. The highest BCUT2D eigenvalue weighted by atomic mass is 16.6. The van der Waals surface area contributed by atoms with Gasteiger partial charge >= 0.3 is 5.97 Å². The molecule has 3 unspecified atom stereocenters. The van der Waals surface area contributed by atoms with Gasteiger partial charge in [0.1, 0.15) is 29.1 Å². The van der Waals surface area contributed by atoms with Gasteiger partial charge in [-0.05, 0) is 30.4 Å². The first-order valence-corrected chi connectivity index (χ1v) is 8.75. The van der Waals surface area contributed by atoms with Crippen LogP contribution >= 0.6 is 0 Å². The Morgan fingerprint density at radius 2 is 1.89 bits per heavy atom. The first kappa shape index (κ1) is 16.5. The van der Waals surface area contributed by atoms with Crippen molar-refractivity contribution in [1.82, 2.24) is 0 Å². The molecule has 0 aromatic heterocycles. The van der Waals surface area contributed by atoms with Gasteiger partial charge in [-0.1, -0.05) is 24.8 Å². The highest BCUT2D eigenvalue weighted by Crippen LogP contribution is 2.56. The molecule has 0 saturated heterocycles.